The van der Waals surface area contributed by atoms with Crippen LogP contribution in [0, 0.1) is 29.1 Å². The van der Waals surface area contributed by atoms with Crippen LogP contribution in [0.1, 0.15) is 76.9 Å². The fourth-order valence-electron chi connectivity index (χ4n) is 3.91. The molecule has 3 aromatic rings. The van der Waals surface area contributed by atoms with Gasteiger partial charge in [-0.1, -0.05) is 45.0 Å². The molecule has 32 heavy (non-hydrogen) atoms. The van der Waals surface area contributed by atoms with E-state index < -0.39 is 0 Å². The third kappa shape index (κ3) is 4.00. The number of carbonyl (C=O) groups excluding carboxylic acids is 2. The maximum Gasteiger partial charge on any atom is 0.261 e. The summed E-state index contributed by atoms with van der Waals surface area (Å²) in [6.07, 6.45) is 4.15. The van der Waals surface area contributed by atoms with Crippen molar-refractivity contribution in [1.82, 2.24) is 13.6 Å². The SMILES string of the molecule is CCCCC(CC)CN1C(=O)c2ccc(C#Cc3ccc(C#N)c4nsnc34)cc2C1=O. The van der Waals surface area contributed by atoms with Gasteiger partial charge in [0.25, 0.3) is 11.8 Å². The number of carbonyl (C=O) groups is 2. The molecule has 0 spiro atoms. The molecule has 1 aliphatic heterocycles. The average molecular weight is 443 g/mol. The van der Waals surface area contributed by atoms with E-state index in [4.69, 9.17) is 0 Å². The van der Waals surface area contributed by atoms with Crippen LogP contribution in [0.2, 0.25) is 0 Å². The summed E-state index contributed by atoms with van der Waals surface area (Å²) in [5.41, 5.74) is 3.76. The quantitative estimate of drug-likeness (QED) is 0.405. The molecule has 1 aromatic heterocycles. The summed E-state index contributed by atoms with van der Waals surface area (Å²) in [5.74, 6) is 5.99. The standard InChI is InChI=1S/C25H22N4O2S/c1-3-5-6-16(4-2)15-29-24(30)20-12-8-17(13-21(20)25(29)31)7-9-18-10-11-19(14-26)23-22(18)27-32-28-23/h8,10-13,16H,3-6,15H2,1-2H3. The number of hydrogen-bond donors (Lipinski definition) is 0. The van der Waals surface area contributed by atoms with Crippen molar-refractivity contribution in [3.63, 3.8) is 0 Å². The summed E-state index contributed by atoms with van der Waals surface area (Å²) in [5, 5.41) is 9.21. The van der Waals surface area contributed by atoms with Crippen LogP contribution in [-0.4, -0.2) is 32.0 Å². The number of unbranched alkanes of at least 4 members (excludes halogenated alkanes) is 1. The van der Waals surface area contributed by atoms with Gasteiger partial charge in [0, 0.05) is 12.1 Å². The molecule has 4 rings (SSSR count). The Labute approximate surface area is 191 Å². The number of fused-ring (bicyclic) bond motifs is 2. The van der Waals surface area contributed by atoms with Crippen molar-refractivity contribution in [2.75, 3.05) is 6.54 Å². The first-order chi connectivity index (χ1) is 15.6. The second kappa shape index (κ2) is 9.30. The van der Waals surface area contributed by atoms with Gasteiger partial charge in [0.05, 0.1) is 34.0 Å². The number of imide groups is 1. The minimum absolute atomic E-state index is 0.221. The maximum atomic E-state index is 13.0. The third-order valence-corrected chi connectivity index (χ3v) is 6.36. The molecule has 1 atom stereocenters. The fraction of sp³-hybridized carbons (Fsp3) is 0.320. The minimum atomic E-state index is -0.243. The topological polar surface area (TPSA) is 86.9 Å². The van der Waals surface area contributed by atoms with Gasteiger partial charge in [-0.2, -0.15) is 14.0 Å². The summed E-state index contributed by atoms with van der Waals surface area (Å²) < 4.78 is 8.44. The molecular formula is C25H22N4O2S. The average Bonchev–Trinajstić information content (AvgIpc) is 3.39. The van der Waals surface area contributed by atoms with Gasteiger partial charge in [0.1, 0.15) is 17.1 Å². The third-order valence-electron chi connectivity index (χ3n) is 5.83. The Balaban J connectivity index is 1.59. The number of aromatic nitrogens is 2. The lowest BCUT2D eigenvalue weighted by Gasteiger charge is -2.21. The van der Waals surface area contributed by atoms with Gasteiger partial charge < -0.3 is 0 Å². The molecule has 7 heteroatoms. The van der Waals surface area contributed by atoms with Crippen molar-refractivity contribution in [3.05, 3.63) is 58.1 Å². The van der Waals surface area contributed by atoms with Crippen LogP contribution in [0.4, 0.5) is 0 Å². The Morgan fingerprint density at radius 1 is 1.00 bits per heavy atom. The van der Waals surface area contributed by atoms with Gasteiger partial charge >= 0.3 is 0 Å². The van der Waals surface area contributed by atoms with E-state index in [1.807, 2.05) is 0 Å². The minimum Gasteiger partial charge on any atom is -0.274 e. The van der Waals surface area contributed by atoms with E-state index in [9.17, 15) is 14.9 Å². The zero-order valence-corrected chi connectivity index (χ0v) is 18.8. The van der Waals surface area contributed by atoms with Crippen molar-refractivity contribution in [2.45, 2.75) is 39.5 Å². The van der Waals surface area contributed by atoms with Crippen LogP contribution >= 0.6 is 11.7 Å². The Bertz CT molecular complexity index is 1310. The Kier molecular flexibility index (Phi) is 6.30. The molecule has 0 radical (unpaired) electrons. The highest BCUT2D eigenvalue weighted by Crippen LogP contribution is 2.27. The lowest BCUT2D eigenvalue weighted by Crippen LogP contribution is -2.34. The molecule has 0 saturated carbocycles. The molecule has 2 heterocycles. The first kappa shape index (κ1) is 21.7. The Hall–Kier alpha value is -3.55. The molecule has 0 aliphatic carbocycles. The van der Waals surface area contributed by atoms with Crippen LogP contribution in [-0.2, 0) is 0 Å². The fourth-order valence-corrected chi connectivity index (χ4v) is 4.48. The molecule has 2 amide bonds. The zero-order valence-electron chi connectivity index (χ0n) is 18.0. The van der Waals surface area contributed by atoms with E-state index in [1.165, 1.54) is 4.90 Å². The number of amides is 2. The van der Waals surface area contributed by atoms with Crippen LogP contribution in [0.15, 0.2) is 30.3 Å². The predicted molar refractivity (Wildman–Crippen MR) is 123 cm³/mol. The van der Waals surface area contributed by atoms with Crippen molar-refractivity contribution in [3.8, 4) is 17.9 Å². The van der Waals surface area contributed by atoms with Crippen molar-refractivity contribution < 1.29 is 9.59 Å². The van der Waals surface area contributed by atoms with Gasteiger partial charge in [-0.05, 0) is 42.7 Å². The lowest BCUT2D eigenvalue weighted by atomic mass is 9.99. The van der Waals surface area contributed by atoms with E-state index in [0.29, 0.717) is 51.3 Å². The van der Waals surface area contributed by atoms with Gasteiger partial charge in [0.2, 0.25) is 0 Å². The summed E-state index contributed by atoms with van der Waals surface area (Å²) in [6, 6.07) is 10.7. The van der Waals surface area contributed by atoms with Crippen LogP contribution in [0.3, 0.4) is 0 Å². The normalized spacial score (nSPS) is 13.6. The van der Waals surface area contributed by atoms with Crippen LogP contribution < -0.4 is 0 Å². The smallest absolute Gasteiger partial charge is 0.261 e. The second-order valence-electron chi connectivity index (χ2n) is 7.88. The molecule has 1 unspecified atom stereocenters. The van der Waals surface area contributed by atoms with Gasteiger partial charge in [-0.15, -0.1) is 0 Å². The second-order valence-corrected chi connectivity index (χ2v) is 8.41. The maximum absolute atomic E-state index is 13.0. The molecule has 1 aliphatic rings. The molecule has 0 fully saturated rings. The van der Waals surface area contributed by atoms with E-state index in [0.717, 1.165) is 37.4 Å². The molecule has 2 aromatic carbocycles. The van der Waals surface area contributed by atoms with E-state index in [1.54, 1.807) is 30.3 Å². The van der Waals surface area contributed by atoms with Gasteiger partial charge in [-0.25, -0.2) is 0 Å². The molecule has 160 valence electrons. The lowest BCUT2D eigenvalue weighted by molar-refractivity contribution is 0.0624. The number of nitrogens with zero attached hydrogens (tertiary/aromatic N) is 4. The predicted octanol–water partition coefficient (Wildman–Crippen LogP) is 4.78. The largest absolute Gasteiger partial charge is 0.274 e. The van der Waals surface area contributed by atoms with Crippen molar-refractivity contribution >= 4 is 34.6 Å². The van der Waals surface area contributed by atoms with Crippen LogP contribution in [0.5, 0.6) is 0 Å². The van der Waals surface area contributed by atoms with E-state index in [-0.39, 0.29) is 11.8 Å². The van der Waals surface area contributed by atoms with Crippen LogP contribution in [0.25, 0.3) is 11.0 Å². The summed E-state index contributed by atoms with van der Waals surface area (Å²) in [7, 11) is 0. The molecule has 0 saturated heterocycles. The van der Waals surface area contributed by atoms with E-state index in [2.05, 4.69) is 40.5 Å². The highest BCUT2D eigenvalue weighted by Gasteiger charge is 2.36. The number of rotatable bonds is 6. The number of benzene rings is 2. The monoisotopic (exact) mass is 442 g/mol. The number of hydrogen-bond acceptors (Lipinski definition) is 6. The number of nitriles is 1. The zero-order chi connectivity index (χ0) is 22.7. The highest BCUT2D eigenvalue weighted by molar-refractivity contribution is 7.00. The first-order valence-corrected chi connectivity index (χ1v) is 11.5. The Morgan fingerprint density at radius 3 is 2.44 bits per heavy atom. The van der Waals surface area contributed by atoms with Gasteiger partial charge in [0.15, 0.2) is 0 Å². The molecule has 6 nitrogen and oxygen atoms in total. The molecule has 0 N–H and O–H groups in total. The van der Waals surface area contributed by atoms with E-state index >= 15 is 0 Å². The van der Waals surface area contributed by atoms with Crippen molar-refractivity contribution in [1.29, 1.82) is 5.26 Å². The molecular weight excluding hydrogens is 420 g/mol. The van der Waals surface area contributed by atoms with Gasteiger partial charge in [-0.3, -0.25) is 14.5 Å². The molecule has 0 bridgehead atoms. The van der Waals surface area contributed by atoms with Crippen molar-refractivity contribution in [2.24, 2.45) is 5.92 Å². The highest BCUT2D eigenvalue weighted by atomic mass is 32.1. The summed E-state index contributed by atoms with van der Waals surface area (Å²) in [6.45, 7) is 4.71. The summed E-state index contributed by atoms with van der Waals surface area (Å²) in [4.78, 5) is 27.2. The first-order valence-electron chi connectivity index (χ1n) is 10.7. The summed E-state index contributed by atoms with van der Waals surface area (Å²) >= 11 is 1.04. The Morgan fingerprint density at radius 2 is 1.72 bits per heavy atom.